The van der Waals surface area contributed by atoms with E-state index in [1.165, 1.54) is 0 Å². The summed E-state index contributed by atoms with van der Waals surface area (Å²) in [6.07, 6.45) is 3.62. The molecule has 0 aromatic carbocycles. The molecular formula is C10H21O5P. The summed E-state index contributed by atoms with van der Waals surface area (Å²) in [7, 11) is -4.65. The lowest BCUT2D eigenvalue weighted by Crippen LogP contribution is -2.05. The fraction of sp³-hybridized carbons (Fsp3) is 0.900. The van der Waals surface area contributed by atoms with Crippen LogP contribution >= 0.6 is 7.82 Å². The molecule has 0 radical (unpaired) electrons. The third kappa shape index (κ3) is 11.7. The predicted octanol–water partition coefficient (Wildman–Crippen LogP) is 2.62. The molecule has 0 spiro atoms. The van der Waals surface area contributed by atoms with Crippen LogP contribution in [0.1, 0.15) is 52.9 Å². The quantitative estimate of drug-likeness (QED) is 0.560. The number of rotatable bonds is 6. The minimum atomic E-state index is -4.65. The predicted molar refractivity (Wildman–Crippen MR) is 60.7 cm³/mol. The second-order valence-corrected chi connectivity index (χ2v) is 6.24. The van der Waals surface area contributed by atoms with Crippen LogP contribution in [0.2, 0.25) is 0 Å². The van der Waals surface area contributed by atoms with Crippen LogP contribution in [0.3, 0.4) is 0 Å². The SMILES string of the molecule is CC(C)(C)CCCCCC(=O)OP(=O)(O)O. The topological polar surface area (TPSA) is 83.8 Å². The van der Waals surface area contributed by atoms with Gasteiger partial charge >= 0.3 is 13.8 Å². The summed E-state index contributed by atoms with van der Waals surface area (Å²) in [5, 5.41) is 0. The Balaban J connectivity index is 3.53. The van der Waals surface area contributed by atoms with Crippen molar-refractivity contribution in [3.63, 3.8) is 0 Å². The Morgan fingerprint density at radius 3 is 2.19 bits per heavy atom. The molecule has 0 amide bonds. The van der Waals surface area contributed by atoms with Gasteiger partial charge in [-0.05, 0) is 18.3 Å². The fourth-order valence-electron chi connectivity index (χ4n) is 1.28. The first-order chi connectivity index (χ1) is 7.10. The van der Waals surface area contributed by atoms with Gasteiger partial charge in [-0.15, -0.1) is 0 Å². The summed E-state index contributed by atoms with van der Waals surface area (Å²) in [5.74, 6) is -0.830. The van der Waals surface area contributed by atoms with Gasteiger partial charge < -0.3 is 4.52 Å². The van der Waals surface area contributed by atoms with Crippen LogP contribution in [0.5, 0.6) is 0 Å². The van der Waals surface area contributed by atoms with Gasteiger partial charge in [0.25, 0.3) is 0 Å². The second kappa shape index (κ2) is 6.38. The van der Waals surface area contributed by atoms with E-state index in [4.69, 9.17) is 9.79 Å². The summed E-state index contributed by atoms with van der Waals surface area (Å²) in [4.78, 5) is 27.6. The molecule has 0 saturated heterocycles. The molecule has 0 fully saturated rings. The van der Waals surface area contributed by atoms with Gasteiger partial charge in [-0.3, -0.25) is 14.6 Å². The zero-order valence-electron chi connectivity index (χ0n) is 10.1. The third-order valence-corrected chi connectivity index (χ3v) is 2.47. The van der Waals surface area contributed by atoms with Crippen molar-refractivity contribution in [3.8, 4) is 0 Å². The maximum absolute atomic E-state index is 10.9. The molecule has 6 heteroatoms. The van der Waals surface area contributed by atoms with E-state index >= 15 is 0 Å². The van der Waals surface area contributed by atoms with Crippen molar-refractivity contribution in [2.45, 2.75) is 52.9 Å². The molecule has 0 heterocycles. The zero-order valence-corrected chi connectivity index (χ0v) is 11.0. The minimum Gasteiger partial charge on any atom is -0.371 e. The molecule has 2 N–H and O–H groups in total. The molecule has 0 unspecified atom stereocenters. The maximum Gasteiger partial charge on any atom is 0.526 e. The van der Waals surface area contributed by atoms with Crippen molar-refractivity contribution in [2.24, 2.45) is 5.41 Å². The number of carbonyl (C=O) groups excluding carboxylic acids is 1. The molecule has 0 aromatic rings. The Bertz CT molecular complexity index is 263. The van der Waals surface area contributed by atoms with Crippen molar-refractivity contribution in [1.29, 1.82) is 0 Å². The van der Waals surface area contributed by atoms with Crippen LogP contribution < -0.4 is 0 Å². The first-order valence-electron chi connectivity index (χ1n) is 5.38. The molecule has 0 aliphatic heterocycles. The average Bonchev–Trinajstić information content (AvgIpc) is 1.97. The second-order valence-electron chi connectivity index (χ2n) is 5.08. The van der Waals surface area contributed by atoms with Crippen LogP contribution in [-0.4, -0.2) is 15.8 Å². The van der Waals surface area contributed by atoms with E-state index in [2.05, 4.69) is 25.3 Å². The van der Waals surface area contributed by atoms with Crippen molar-refractivity contribution in [1.82, 2.24) is 0 Å². The van der Waals surface area contributed by atoms with E-state index in [-0.39, 0.29) is 11.8 Å². The summed E-state index contributed by atoms with van der Waals surface area (Å²) in [6, 6.07) is 0. The zero-order chi connectivity index (χ0) is 12.8. The van der Waals surface area contributed by atoms with Crippen LogP contribution in [0, 0.1) is 5.41 Å². The van der Waals surface area contributed by atoms with E-state index in [9.17, 15) is 9.36 Å². The van der Waals surface area contributed by atoms with Crippen LogP contribution in [0.15, 0.2) is 0 Å². The lowest BCUT2D eigenvalue weighted by Gasteiger charge is -2.17. The standard InChI is InChI=1S/C10H21O5P/c1-10(2,3)8-6-4-5-7-9(11)15-16(12,13)14/h4-8H2,1-3H3,(H2,12,13,14). The highest BCUT2D eigenvalue weighted by atomic mass is 31.2. The molecule has 96 valence electrons. The molecular weight excluding hydrogens is 231 g/mol. The molecule has 0 rings (SSSR count). The number of phosphoric acid groups is 1. The highest BCUT2D eigenvalue weighted by Gasteiger charge is 2.19. The normalized spacial score (nSPS) is 12.6. The van der Waals surface area contributed by atoms with Crippen molar-refractivity contribution in [2.75, 3.05) is 0 Å². The van der Waals surface area contributed by atoms with Gasteiger partial charge in [0.05, 0.1) is 0 Å². The smallest absolute Gasteiger partial charge is 0.371 e. The van der Waals surface area contributed by atoms with Gasteiger partial charge in [0.1, 0.15) is 0 Å². The Morgan fingerprint density at radius 1 is 1.19 bits per heavy atom. The maximum atomic E-state index is 10.9. The van der Waals surface area contributed by atoms with Crippen LogP contribution in [0.25, 0.3) is 0 Å². The highest BCUT2D eigenvalue weighted by molar-refractivity contribution is 7.46. The van der Waals surface area contributed by atoms with E-state index in [0.717, 1.165) is 19.3 Å². The van der Waals surface area contributed by atoms with Crippen molar-refractivity contribution in [3.05, 3.63) is 0 Å². The number of unbranched alkanes of at least 4 members (excludes halogenated alkanes) is 2. The Kier molecular flexibility index (Phi) is 6.23. The largest absolute Gasteiger partial charge is 0.526 e. The Hall–Kier alpha value is -0.380. The van der Waals surface area contributed by atoms with Gasteiger partial charge in [-0.25, -0.2) is 4.57 Å². The molecule has 5 nitrogen and oxygen atoms in total. The average molecular weight is 252 g/mol. The summed E-state index contributed by atoms with van der Waals surface area (Å²) in [6.45, 7) is 6.44. The molecule has 0 aliphatic carbocycles. The van der Waals surface area contributed by atoms with Gasteiger partial charge in [-0.1, -0.05) is 33.6 Å². The lowest BCUT2D eigenvalue weighted by atomic mass is 9.89. The fourth-order valence-corrected chi connectivity index (χ4v) is 1.64. The van der Waals surface area contributed by atoms with Gasteiger partial charge in [0.2, 0.25) is 0 Å². The van der Waals surface area contributed by atoms with E-state index in [0.29, 0.717) is 6.42 Å². The molecule has 0 aromatic heterocycles. The minimum absolute atomic E-state index is 0.0647. The monoisotopic (exact) mass is 252 g/mol. The van der Waals surface area contributed by atoms with Crippen LogP contribution in [0.4, 0.5) is 0 Å². The van der Waals surface area contributed by atoms with Crippen molar-refractivity contribution >= 4 is 13.8 Å². The number of phosphoric ester groups is 1. The van der Waals surface area contributed by atoms with Crippen molar-refractivity contribution < 1.29 is 23.7 Å². The first kappa shape index (κ1) is 15.6. The molecule has 0 atom stereocenters. The van der Waals surface area contributed by atoms with E-state index in [1.54, 1.807) is 0 Å². The first-order valence-corrected chi connectivity index (χ1v) is 6.91. The van der Waals surface area contributed by atoms with Gasteiger partial charge in [0, 0.05) is 6.42 Å². The third-order valence-electron chi connectivity index (χ3n) is 2.03. The number of hydrogen-bond acceptors (Lipinski definition) is 3. The number of carbonyl (C=O) groups is 1. The Labute approximate surface area is 96.4 Å². The van der Waals surface area contributed by atoms with E-state index in [1.807, 2.05) is 0 Å². The lowest BCUT2D eigenvalue weighted by molar-refractivity contribution is -0.135. The number of hydrogen-bond donors (Lipinski definition) is 2. The molecule has 16 heavy (non-hydrogen) atoms. The summed E-state index contributed by atoms with van der Waals surface area (Å²) in [5.41, 5.74) is 0.284. The van der Waals surface area contributed by atoms with Crippen LogP contribution in [-0.2, 0) is 13.9 Å². The molecule has 0 bridgehead atoms. The summed E-state index contributed by atoms with van der Waals surface area (Å²) >= 11 is 0. The Morgan fingerprint density at radius 2 is 1.75 bits per heavy atom. The van der Waals surface area contributed by atoms with Gasteiger partial charge in [-0.2, -0.15) is 0 Å². The molecule has 0 saturated carbocycles. The van der Waals surface area contributed by atoms with Gasteiger partial charge in [0.15, 0.2) is 0 Å². The highest BCUT2D eigenvalue weighted by Crippen LogP contribution is 2.36. The summed E-state index contributed by atoms with van der Waals surface area (Å²) < 4.78 is 14.2. The molecule has 0 aliphatic rings. The van der Waals surface area contributed by atoms with E-state index < -0.39 is 13.8 Å².